The SMILES string of the molecule is COc1cccc(C(CSC(C)C)NN)c1F. The van der Waals surface area contributed by atoms with Crippen LogP contribution in [-0.4, -0.2) is 18.1 Å². The molecule has 1 aromatic carbocycles. The summed E-state index contributed by atoms with van der Waals surface area (Å²) in [6.07, 6.45) is 0. The number of hydrogen-bond acceptors (Lipinski definition) is 4. The van der Waals surface area contributed by atoms with E-state index in [1.54, 1.807) is 30.0 Å². The molecule has 0 heterocycles. The van der Waals surface area contributed by atoms with Crippen LogP contribution in [0.5, 0.6) is 5.75 Å². The van der Waals surface area contributed by atoms with Crippen LogP contribution in [0.4, 0.5) is 4.39 Å². The zero-order valence-electron chi connectivity index (χ0n) is 10.4. The lowest BCUT2D eigenvalue weighted by atomic mass is 10.1. The van der Waals surface area contributed by atoms with Crippen LogP contribution in [0.15, 0.2) is 18.2 Å². The maximum atomic E-state index is 14.0. The number of hydrazine groups is 1. The third-order valence-electron chi connectivity index (χ3n) is 2.39. The average molecular weight is 258 g/mol. The first-order valence-corrected chi connectivity index (χ1v) is 6.55. The first-order valence-electron chi connectivity index (χ1n) is 5.50. The fourth-order valence-electron chi connectivity index (χ4n) is 1.47. The molecule has 1 atom stereocenters. The maximum absolute atomic E-state index is 14.0. The van der Waals surface area contributed by atoms with Crippen molar-refractivity contribution < 1.29 is 9.13 Å². The maximum Gasteiger partial charge on any atom is 0.169 e. The van der Waals surface area contributed by atoms with Crippen molar-refractivity contribution in [2.75, 3.05) is 12.9 Å². The van der Waals surface area contributed by atoms with Gasteiger partial charge in [0.15, 0.2) is 11.6 Å². The topological polar surface area (TPSA) is 47.3 Å². The van der Waals surface area contributed by atoms with E-state index in [4.69, 9.17) is 10.6 Å². The highest BCUT2D eigenvalue weighted by molar-refractivity contribution is 7.99. The number of rotatable bonds is 6. The van der Waals surface area contributed by atoms with E-state index in [1.807, 2.05) is 0 Å². The molecule has 17 heavy (non-hydrogen) atoms. The Bertz CT molecular complexity index is 360. The third-order valence-corrected chi connectivity index (χ3v) is 3.58. The molecule has 0 aliphatic carbocycles. The van der Waals surface area contributed by atoms with Crippen LogP contribution in [0.2, 0.25) is 0 Å². The van der Waals surface area contributed by atoms with Crippen LogP contribution in [-0.2, 0) is 0 Å². The Balaban J connectivity index is 2.87. The number of benzene rings is 1. The summed E-state index contributed by atoms with van der Waals surface area (Å²) < 4.78 is 19.0. The highest BCUT2D eigenvalue weighted by Gasteiger charge is 2.17. The molecule has 0 saturated heterocycles. The Kier molecular flexibility index (Phi) is 5.74. The van der Waals surface area contributed by atoms with E-state index in [0.717, 1.165) is 5.75 Å². The van der Waals surface area contributed by atoms with Crippen LogP contribution in [0, 0.1) is 5.82 Å². The predicted molar refractivity (Wildman–Crippen MR) is 70.6 cm³/mol. The predicted octanol–water partition coefficient (Wildman–Crippen LogP) is 2.48. The first kappa shape index (κ1) is 14.3. The van der Waals surface area contributed by atoms with Crippen molar-refractivity contribution in [3.63, 3.8) is 0 Å². The molecule has 1 aromatic rings. The molecule has 3 nitrogen and oxygen atoms in total. The standard InChI is InChI=1S/C12H19FN2OS/c1-8(2)17-7-10(15-14)9-5-4-6-11(16-3)12(9)13/h4-6,8,10,15H,7,14H2,1-3H3. The van der Waals surface area contributed by atoms with E-state index >= 15 is 0 Å². The second-order valence-electron chi connectivity index (χ2n) is 3.96. The van der Waals surface area contributed by atoms with E-state index in [1.165, 1.54) is 7.11 Å². The number of halogens is 1. The normalized spacial score (nSPS) is 12.8. The van der Waals surface area contributed by atoms with E-state index in [0.29, 0.717) is 10.8 Å². The van der Waals surface area contributed by atoms with Gasteiger partial charge in [0, 0.05) is 11.3 Å². The summed E-state index contributed by atoms with van der Waals surface area (Å²) in [5.41, 5.74) is 3.19. The van der Waals surface area contributed by atoms with Gasteiger partial charge in [-0.3, -0.25) is 11.3 Å². The zero-order valence-corrected chi connectivity index (χ0v) is 11.2. The fraction of sp³-hybridized carbons (Fsp3) is 0.500. The van der Waals surface area contributed by atoms with E-state index in [-0.39, 0.29) is 17.6 Å². The van der Waals surface area contributed by atoms with Gasteiger partial charge in [-0.15, -0.1) is 0 Å². The number of ether oxygens (including phenoxy) is 1. The minimum atomic E-state index is -0.345. The summed E-state index contributed by atoms with van der Waals surface area (Å²) in [7, 11) is 1.45. The number of nitrogens with two attached hydrogens (primary N) is 1. The van der Waals surface area contributed by atoms with Crippen LogP contribution in [0.25, 0.3) is 0 Å². The average Bonchev–Trinajstić information content (AvgIpc) is 2.31. The number of methoxy groups -OCH3 is 1. The van der Waals surface area contributed by atoms with Gasteiger partial charge in [-0.05, 0) is 11.3 Å². The van der Waals surface area contributed by atoms with Crippen LogP contribution < -0.4 is 16.0 Å². The molecule has 5 heteroatoms. The van der Waals surface area contributed by atoms with Gasteiger partial charge in [-0.1, -0.05) is 26.0 Å². The van der Waals surface area contributed by atoms with E-state index < -0.39 is 0 Å². The Labute approximate surface area is 106 Å². The molecule has 0 amide bonds. The smallest absolute Gasteiger partial charge is 0.169 e. The Morgan fingerprint density at radius 3 is 2.71 bits per heavy atom. The number of hydrogen-bond donors (Lipinski definition) is 2. The summed E-state index contributed by atoms with van der Waals surface area (Å²) >= 11 is 1.73. The first-order chi connectivity index (χ1) is 8.10. The molecule has 3 N–H and O–H groups in total. The molecule has 0 aromatic heterocycles. The summed E-state index contributed by atoms with van der Waals surface area (Å²) in [4.78, 5) is 0. The Hall–Kier alpha value is -0.780. The van der Waals surface area contributed by atoms with Gasteiger partial charge in [-0.25, -0.2) is 4.39 Å². The lowest BCUT2D eigenvalue weighted by Crippen LogP contribution is -2.30. The lowest BCUT2D eigenvalue weighted by Gasteiger charge is -2.18. The minimum absolute atomic E-state index is 0.211. The van der Waals surface area contributed by atoms with Crippen LogP contribution in [0.3, 0.4) is 0 Å². The minimum Gasteiger partial charge on any atom is -0.494 e. The molecule has 0 saturated carbocycles. The number of thioether (sulfide) groups is 1. The van der Waals surface area contributed by atoms with Gasteiger partial charge in [0.2, 0.25) is 0 Å². The van der Waals surface area contributed by atoms with Crippen molar-refractivity contribution in [3.8, 4) is 5.75 Å². The van der Waals surface area contributed by atoms with E-state index in [2.05, 4.69) is 19.3 Å². The van der Waals surface area contributed by atoms with Crippen molar-refractivity contribution in [2.45, 2.75) is 25.1 Å². The highest BCUT2D eigenvalue weighted by atomic mass is 32.2. The van der Waals surface area contributed by atoms with Gasteiger partial charge in [-0.2, -0.15) is 11.8 Å². The van der Waals surface area contributed by atoms with Gasteiger partial charge in [0.25, 0.3) is 0 Å². The molecular weight excluding hydrogens is 239 g/mol. The quantitative estimate of drug-likeness (QED) is 0.608. The number of nitrogens with one attached hydrogen (secondary N) is 1. The fourth-order valence-corrected chi connectivity index (χ4v) is 2.32. The summed E-state index contributed by atoms with van der Waals surface area (Å²) in [6, 6.07) is 4.88. The molecule has 0 aliphatic heterocycles. The van der Waals surface area contributed by atoms with Crippen molar-refractivity contribution in [1.29, 1.82) is 0 Å². The van der Waals surface area contributed by atoms with Crippen LogP contribution >= 0.6 is 11.8 Å². The van der Waals surface area contributed by atoms with E-state index in [9.17, 15) is 4.39 Å². The molecule has 0 spiro atoms. The highest BCUT2D eigenvalue weighted by Crippen LogP contribution is 2.27. The Morgan fingerprint density at radius 1 is 1.47 bits per heavy atom. The monoisotopic (exact) mass is 258 g/mol. The van der Waals surface area contributed by atoms with Gasteiger partial charge in [0.1, 0.15) is 0 Å². The molecule has 0 bridgehead atoms. The third kappa shape index (κ3) is 3.87. The van der Waals surface area contributed by atoms with Crippen molar-refractivity contribution in [3.05, 3.63) is 29.6 Å². The molecular formula is C12H19FN2OS. The lowest BCUT2D eigenvalue weighted by molar-refractivity contribution is 0.381. The van der Waals surface area contributed by atoms with Crippen molar-refractivity contribution in [1.82, 2.24) is 5.43 Å². The van der Waals surface area contributed by atoms with Crippen molar-refractivity contribution >= 4 is 11.8 Å². The van der Waals surface area contributed by atoms with Gasteiger partial charge in [0.05, 0.1) is 13.2 Å². The molecule has 1 unspecified atom stereocenters. The molecule has 0 aliphatic rings. The second kappa shape index (κ2) is 6.83. The Morgan fingerprint density at radius 2 is 2.18 bits per heavy atom. The summed E-state index contributed by atoms with van der Waals surface area (Å²) in [6.45, 7) is 4.19. The summed E-state index contributed by atoms with van der Waals surface area (Å²) in [5, 5.41) is 0.486. The van der Waals surface area contributed by atoms with Crippen molar-refractivity contribution in [2.24, 2.45) is 5.84 Å². The molecule has 1 rings (SSSR count). The largest absolute Gasteiger partial charge is 0.494 e. The zero-order chi connectivity index (χ0) is 12.8. The van der Waals surface area contributed by atoms with Crippen LogP contribution in [0.1, 0.15) is 25.5 Å². The molecule has 0 radical (unpaired) electrons. The van der Waals surface area contributed by atoms with Gasteiger partial charge >= 0.3 is 0 Å². The second-order valence-corrected chi connectivity index (χ2v) is 5.57. The summed E-state index contributed by atoms with van der Waals surface area (Å²) in [5.74, 6) is 6.10. The van der Waals surface area contributed by atoms with Gasteiger partial charge < -0.3 is 4.74 Å². The molecule has 0 fully saturated rings. The molecule has 96 valence electrons.